The predicted octanol–water partition coefficient (Wildman–Crippen LogP) is 3.65. The van der Waals surface area contributed by atoms with Crippen molar-refractivity contribution >= 4 is 12.1 Å². The van der Waals surface area contributed by atoms with Gasteiger partial charge in [0, 0.05) is 13.1 Å². The van der Waals surface area contributed by atoms with Gasteiger partial charge in [-0.1, -0.05) is 19.1 Å². The Balaban J connectivity index is 2.12. The molecule has 27 heavy (non-hydrogen) atoms. The van der Waals surface area contributed by atoms with E-state index < -0.39 is 11.7 Å². The number of carbonyl (C=O) groups excluding carboxylic acids is 2. The number of carbonyl (C=O) groups is 2. The molecule has 1 N–H and O–H groups in total. The highest BCUT2D eigenvalue weighted by Crippen LogP contribution is 2.18. The lowest BCUT2D eigenvalue weighted by Crippen LogP contribution is -2.54. The van der Waals surface area contributed by atoms with E-state index >= 15 is 0 Å². The Morgan fingerprint density at radius 1 is 1.26 bits per heavy atom. The first-order valence-corrected chi connectivity index (χ1v) is 9.23. The van der Waals surface area contributed by atoms with Crippen LogP contribution < -0.4 is 5.43 Å². The molecular weight excluding hydrogens is 344 g/mol. The molecular formula is C20H28N4O3. The number of piperidine rings is 1. The number of hydrogen-bond donors (Lipinski definition) is 1. The maximum atomic E-state index is 13.0. The van der Waals surface area contributed by atoms with Crippen molar-refractivity contribution in [1.82, 2.24) is 15.3 Å². The van der Waals surface area contributed by atoms with Crippen LogP contribution in [-0.4, -0.2) is 40.7 Å². The molecule has 1 fully saturated rings. The monoisotopic (exact) mass is 372 g/mol. The summed E-state index contributed by atoms with van der Waals surface area (Å²) in [4.78, 5) is 26.9. The van der Waals surface area contributed by atoms with Crippen molar-refractivity contribution in [1.29, 1.82) is 5.26 Å². The van der Waals surface area contributed by atoms with Crippen LogP contribution in [0.25, 0.3) is 0 Å². The summed E-state index contributed by atoms with van der Waals surface area (Å²) in [6, 6.07) is 8.73. The van der Waals surface area contributed by atoms with Gasteiger partial charge in [-0.3, -0.25) is 0 Å². The third kappa shape index (κ3) is 6.48. The molecule has 0 spiro atoms. The normalized spacial score (nSPS) is 15.0. The Morgan fingerprint density at radius 3 is 2.37 bits per heavy atom. The molecule has 1 aliphatic heterocycles. The molecule has 1 aromatic rings. The number of urea groups is 1. The van der Waals surface area contributed by atoms with E-state index in [4.69, 9.17) is 10.00 Å². The van der Waals surface area contributed by atoms with Crippen LogP contribution in [0.2, 0.25) is 0 Å². The van der Waals surface area contributed by atoms with Gasteiger partial charge in [0.05, 0.1) is 18.2 Å². The summed E-state index contributed by atoms with van der Waals surface area (Å²) in [7, 11) is 0. The van der Waals surface area contributed by atoms with Crippen molar-refractivity contribution in [3.63, 3.8) is 0 Å². The average molecular weight is 372 g/mol. The summed E-state index contributed by atoms with van der Waals surface area (Å²) in [5.74, 6) is 0.597. The summed E-state index contributed by atoms with van der Waals surface area (Å²) in [5, 5.41) is 10.2. The van der Waals surface area contributed by atoms with Crippen LogP contribution in [0.15, 0.2) is 24.3 Å². The fourth-order valence-corrected chi connectivity index (χ4v) is 2.80. The van der Waals surface area contributed by atoms with Crippen LogP contribution in [0.1, 0.15) is 51.7 Å². The van der Waals surface area contributed by atoms with Gasteiger partial charge in [0.25, 0.3) is 0 Å². The minimum atomic E-state index is -0.671. The highest BCUT2D eigenvalue weighted by Gasteiger charge is 2.27. The molecule has 1 aliphatic rings. The van der Waals surface area contributed by atoms with Gasteiger partial charge in [0.1, 0.15) is 5.60 Å². The van der Waals surface area contributed by atoms with E-state index in [1.165, 1.54) is 5.01 Å². The molecule has 0 aromatic heterocycles. The third-order valence-electron chi connectivity index (χ3n) is 4.33. The number of likely N-dealkylation sites (tertiary alicyclic amines) is 1. The highest BCUT2D eigenvalue weighted by atomic mass is 16.6. The molecule has 0 unspecified atom stereocenters. The fraction of sp³-hybridized carbons (Fsp3) is 0.550. The number of benzene rings is 1. The number of hydrazine groups is 1. The zero-order chi connectivity index (χ0) is 20.0. The molecule has 1 aromatic carbocycles. The third-order valence-corrected chi connectivity index (χ3v) is 4.33. The summed E-state index contributed by atoms with van der Waals surface area (Å²) in [6.07, 6.45) is 1.22. The summed E-state index contributed by atoms with van der Waals surface area (Å²) < 4.78 is 5.29. The van der Waals surface area contributed by atoms with Crippen LogP contribution in [-0.2, 0) is 11.3 Å². The first kappa shape index (κ1) is 20.6. The number of nitriles is 1. The number of nitrogens with one attached hydrogen (secondary N) is 1. The zero-order valence-electron chi connectivity index (χ0n) is 16.5. The van der Waals surface area contributed by atoms with Gasteiger partial charge in [-0.05, 0) is 57.2 Å². The van der Waals surface area contributed by atoms with Crippen molar-refractivity contribution in [2.24, 2.45) is 5.92 Å². The Morgan fingerprint density at radius 2 is 1.85 bits per heavy atom. The second kappa shape index (κ2) is 8.76. The molecule has 2 rings (SSSR count). The zero-order valence-corrected chi connectivity index (χ0v) is 16.5. The first-order chi connectivity index (χ1) is 12.7. The lowest BCUT2D eigenvalue weighted by atomic mass is 10.00. The maximum Gasteiger partial charge on any atom is 0.426 e. The minimum absolute atomic E-state index is 0.190. The molecule has 0 saturated carbocycles. The Hall–Kier alpha value is -2.75. The van der Waals surface area contributed by atoms with Crippen LogP contribution in [0.5, 0.6) is 0 Å². The quantitative estimate of drug-likeness (QED) is 0.803. The van der Waals surface area contributed by atoms with Gasteiger partial charge in [-0.2, -0.15) is 5.26 Å². The second-order valence-electron chi connectivity index (χ2n) is 7.96. The summed E-state index contributed by atoms with van der Waals surface area (Å²) in [5.41, 5.74) is 3.27. The van der Waals surface area contributed by atoms with Crippen molar-refractivity contribution < 1.29 is 14.3 Å². The second-order valence-corrected chi connectivity index (χ2v) is 7.96. The molecule has 146 valence electrons. The summed E-state index contributed by atoms with van der Waals surface area (Å²) in [6.45, 7) is 9.01. The van der Waals surface area contributed by atoms with E-state index in [0.717, 1.165) is 18.4 Å². The van der Waals surface area contributed by atoms with Crippen molar-refractivity contribution in [2.75, 3.05) is 13.1 Å². The SMILES string of the molecule is CC1CCN(C(=O)N(Cc2ccc(C#N)cc2)NC(=O)OC(C)(C)C)CC1. The van der Waals surface area contributed by atoms with Gasteiger partial charge in [0.2, 0.25) is 0 Å². The van der Waals surface area contributed by atoms with Crippen LogP contribution >= 0.6 is 0 Å². The fourth-order valence-electron chi connectivity index (χ4n) is 2.80. The number of ether oxygens (including phenoxy) is 1. The molecule has 0 atom stereocenters. The van der Waals surface area contributed by atoms with E-state index in [0.29, 0.717) is 24.6 Å². The predicted molar refractivity (Wildman–Crippen MR) is 101 cm³/mol. The van der Waals surface area contributed by atoms with Gasteiger partial charge < -0.3 is 9.64 Å². The van der Waals surface area contributed by atoms with Crippen LogP contribution in [0, 0.1) is 17.2 Å². The van der Waals surface area contributed by atoms with Gasteiger partial charge in [0.15, 0.2) is 0 Å². The molecule has 3 amide bonds. The van der Waals surface area contributed by atoms with E-state index in [9.17, 15) is 9.59 Å². The van der Waals surface area contributed by atoms with E-state index in [2.05, 4.69) is 18.4 Å². The molecule has 1 saturated heterocycles. The number of nitrogens with zero attached hydrogens (tertiary/aromatic N) is 3. The van der Waals surface area contributed by atoms with Gasteiger partial charge in [-0.25, -0.2) is 20.0 Å². The molecule has 7 nitrogen and oxygen atoms in total. The number of rotatable bonds is 2. The lowest BCUT2D eigenvalue weighted by Gasteiger charge is -2.35. The molecule has 0 bridgehead atoms. The van der Waals surface area contributed by atoms with E-state index in [1.807, 2.05) is 0 Å². The van der Waals surface area contributed by atoms with Gasteiger partial charge in [-0.15, -0.1) is 0 Å². The number of amides is 3. The molecule has 7 heteroatoms. The van der Waals surface area contributed by atoms with E-state index in [-0.39, 0.29) is 12.6 Å². The largest absolute Gasteiger partial charge is 0.443 e. The van der Waals surface area contributed by atoms with Crippen LogP contribution in [0.3, 0.4) is 0 Å². The highest BCUT2D eigenvalue weighted by molar-refractivity contribution is 5.78. The summed E-state index contributed by atoms with van der Waals surface area (Å²) >= 11 is 0. The first-order valence-electron chi connectivity index (χ1n) is 9.23. The molecule has 0 aliphatic carbocycles. The average Bonchev–Trinajstić information content (AvgIpc) is 2.60. The van der Waals surface area contributed by atoms with Crippen molar-refractivity contribution in [2.45, 2.75) is 52.7 Å². The molecule has 0 radical (unpaired) electrons. The van der Waals surface area contributed by atoms with Gasteiger partial charge >= 0.3 is 12.1 Å². The molecule has 1 heterocycles. The topological polar surface area (TPSA) is 85.7 Å². The van der Waals surface area contributed by atoms with Crippen molar-refractivity contribution in [3.05, 3.63) is 35.4 Å². The standard InChI is InChI=1S/C20H28N4O3/c1-15-9-11-23(12-10-15)19(26)24(22-18(25)27-20(2,3)4)14-17-7-5-16(13-21)6-8-17/h5-8,15H,9-12,14H2,1-4H3,(H,22,25). The Kier molecular flexibility index (Phi) is 6.67. The minimum Gasteiger partial charge on any atom is -0.443 e. The Bertz CT molecular complexity index is 695. The number of hydrogen-bond acceptors (Lipinski definition) is 4. The Labute approximate surface area is 160 Å². The lowest BCUT2D eigenvalue weighted by molar-refractivity contribution is 0.0326. The smallest absolute Gasteiger partial charge is 0.426 e. The van der Waals surface area contributed by atoms with Crippen molar-refractivity contribution in [3.8, 4) is 6.07 Å². The van der Waals surface area contributed by atoms with E-state index in [1.54, 1.807) is 49.9 Å². The maximum absolute atomic E-state index is 13.0. The van der Waals surface area contributed by atoms with Crippen LogP contribution in [0.4, 0.5) is 9.59 Å².